The molecule has 31 heavy (non-hydrogen) atoms. The Labute approximate surface area is 181 Å². The second kappa shape index (κ2) is 8.63. The van der Waals surface area contributed by atoms with Crippen molar-refractivity contribution in [2.24, 2.45) is 10.5 Å². The van der Waals surface area contributed by atoms with Gasteiger partial charge < -0.3 is 0 Å². The number of nitrogens with zero attached hydrogens (tertiary/aromatic N) is 5. The Morgan fingerprint density at radius 3 is 2.55 bits per heavy atom. The van der Waals surface area contributed by atoms with Crippen LogP contribution in [0.5, 0.6) is 0 Å². The molecule has 4 rings (SSSR count). The lowest BCUT2D eigenvalue weighted by molar-refractivity contribution is 0.0954. The van der Waals surface area contributed by atoms with Crippen LogP contribution in [-0.4, -0.2) is 31.8 Å². The average Bonchev–Trinajstić information content (AvgIpc) is 3.20. The first-order valence-electron chi connectivity index (χ1n) is 10.3. The number of carbonyl (C=O) groups excluding carboxylic acids is 1. The topological polar surface area (TPSA) is 85.1 Å². The fourth-order valence-electron chi connectivity index (χ4n) is 3.89. The number of aromatic nitrogens is 4. The van der Waals surface area contributed by atoms with Crippen LogP contribution in [-0.2, 0) is 6.54 Å². The number of tetrazole rings is 1. The van der Waals surface area contributed by atoms with Crippen LogP contribution in [0.15, 0.2) is 71.3 Å². The minimum atomic E-state index is -0.223. The van der Waals surface area contributed by atoms with Gasteiger partial charge in [-0.1, -0.05) is 61.9 Å². The van der Waals surface area contributed by atoms with Gasteiger partial charge in [-0.05, 0) is 54.2 Å². The molecular formula is C24H26N6O. The molecule has 7 heteroatoms. The number of rotatable bonds is 5. The van der Waals surface area contributed by atoms with Crippen molar-refractivity contribution in [3.63, 3.8) is 0 Å². The van der Waals surface area contributed by atoms with Crippen LogP contribution < -0.4 is 5.43 Å². The molecule has 0 saturated heterocycles. The molecule has 2 aromatic carbocycles. The molecule has 3 aromatic rings. The molecular weight excluding hydrogens is 388 g/mol. The third-order valence-electron chi connectivity index (χ3n) is 5.16. The first-order chi connectivity index (χ1) is 14.9. The Hall–Kier alpha value is -3.61. The lowest BCUT2D eigenvalue weighted by atomic mass is 9.77. The van der Waals surface area contributed by atoms with Crippen molar-refractivity contribution in [2.75, 3.05) is 0 Å². The number of nitrogens with one attached hydrogen (secondary N) is 1. The van der Waals surface area contributed by atoms with Crippen LogP contribution in [0.1, 0.15) is 49.5 Å². The zero-order valence-electron chi connectivity index (χ0n) is 18.0. The standard InChI is InChI=1S/C24H26N6O/c1-17-13-21(15-24(2,3)14-17)25-27-23(31)20-11-9-18(10-12-20)16-30-28-22(26-29-30)19-7-5-4-6-8-19/h4-13H,14-16H2,1-3H3,(H,27,31)/b25-21+. The maximum atomic E-state index is 12.5. The summed E-state index contributed by atoms with van der Waals surface area (Å²) in [6.45, 7) is 7.01. The number of hydrazone groups is 1. The van der Waals surface area contributed by atoms with E-state index in [-0.39, 0.29) is 11.3 Å². The van der Waals surface area contributed by atoms with Crippen molar-refractivity contribution in [2.45, 2.75) is 40.2 Å². The Kier molecular flexibility index (Phi) is 5.75. The molecule has 0 unspecified atom stereocenters. The average molecular weight is 415 g/mol. The van der Waals surface area contributed by atoms with Crippen molar-refractivity contribution in [1.82, 2.24) is 25.6 Å². The van der Waals surface area contributed by atoms with Crippen molar-refractivity contribution < 1.29 is 4.79 Å². The van der Waals surface area contributed by atoms with Crippen molar-refractivity contribution in [3.05, 3.63) is 77.4 Å². The molecule has 1 aliphatic carbocycles. The lowest BCUT2D eigenvalue weighted by Crippen LogP contribution is -2.25. The second-order valence-electron chi connectivity index (χ2n) is 8.76. The fraction of sp³-hybridized carbons (Fsp3) is 0.292. The predicted octanol–water partition coefficient (Wildman–Crippen LogP) is 4.24. The Balaban J connectivity index is 1.38. The number of amides is 1. The van der Waals surface area contributed by atoms with Gasteiger partial charge in [0.05, 0.1) is 12.3 Å². The highest BCUT2D eigenvalue weighted by Gasteiger charge is 2.24. The molecule has 158 valence electrons. The van der Waals surface area contributed by atoms with Crippen molar-refractivity contribution in [3.8, 4) is 11.4 Å². The zero-order valence-corrected chi connectivity index (χ0v) is 18.0. The third-order valence-corrected chi connectivity index (χ3v) is 5.16. The number of hydrogen-bond donors (Lipinski definition) is 1. The normalized spacial score (nSPS) is 16.7. The van der Waals surface area contributed by atoms with Crippen molar-refractivity contribution in [1.29, 1.82) is 0 Å². The Morgan fingerprint density at radius 2 is 1.84 bits per heavy atom. The highest BCUT2D eigenvalue weighted by molar-refractivity contribution is 5.99. The number of hydrogen-bond acceptors (Lipinski definition) is 5. The van der Waals surface area contributed by atoms with Crippen LogP contribution in [0, 0.1) is 5.41 Å². The van der Waals surface area contributed by atoms with E-state index in [2.05, 4.69) is 52.8 Å². The van der Waals surface area contributed by atoms with Gasteiger partial charge in [-0.2, -0.15) is 9.90 Å². The van der Waals surface area contributed by atoms with Crippen molar-refractivity contribution >= 4 is 11.6 Å². The van der Waals surface area contributed by atoms with Crippen LogP contribution in [0.2, 0.25) is 0 Å². The molecule has 0 saturated carbocycles. The molecule has 0 bridgehead atoms. The fourth-order valence-corrected chi connectivity index (χ4v) is 3.89. The number of benzene rings is 2. The van der Waals surface area contributed by atoms with Gasteiger partial charge in [0.15, 0.2) is 0 Å². The molecule has 0 spiro atoms. The molecule has 1 amide bonds. The maximum Gasteiger partial charge on any atom is 0.271 e. The van der Waals surface area contributed by atoms with E-state index in [1.807, 2.05) is 42.5 Å². The Morgan fingerprint density at radius 1 is 1.10 bits per heavy atom. The molecule has 1 aliphatic rings. The van der Waals surface area contributed by atoms with Crippen LogP contribution in [0.4, 0.5) is 0 Å². The molecule has 0 atom stereocenters. The minimum absolute atomic E-state index is 0.166. The molecule has 0 radical (unpaired) electrons. The van der Waals surface area contributed by atoms with E-state index < -0.39 is 0 Å². The highest BCUT2D eigenvalue weighted by atomic mass is 16.2. The van der Waals surface area contributed by atoms with Crippen LogP contribution >= 0.6 is 0 Å². The molecule has 0 aliphatic heterocycles. The molecule has 0 fully saturated rings. The maximum absolute atomic E-state index is 12.5. The zero-order chi connectivity index (χ0) is 21.8. The smallest absolute Gasteiger partial charge is 0.267 e. The summed E-state index contributed by atoms with van der Waals surface area (Å²) < 4.78 is 0. The Bertz CT molecular complexity index is 1130. The van der Waals surface area contributed by atoms with E-state index in [0.717, 1.165) is 29.7 Å². The van der Waals surface area contributed by atoms with Gasteiger partial charge in [-0.25, -0.2) is 5.43 Å². The molecule has 1 N–H and O–H groups in total. The van der Waals surface area contributed by atoms with E-state index in [1.165, 1.54) is 5.57 Å². The van der Waals surface area contributed by atoms with Gasteiger partial charge in [-0.15, -0.1) is 10.2 Å². The van der Waals surface area contributed by atoms with E-state index in [4.69, 9.17) is 0 Å². The van der Waals surface area contributed by atoms with E-state index in [1.54, 1.807) is 16.9 Å². The first-order valence-corrected chi connectivity index (χ1v) is 10.3. The SMILES string of the molecule is CC1=C/C(=N\NC(=O)c2ccc(Cn3nnc(-c4ccccc4)n3)cc2)CC(C)(C)C1. The van der Waals surface area contributed by atoms with Gasteiger partial charge in [-0.3, -0.25) is 4.79 Å². The monoisotopic (exact) mass is 414 g/mol. The minimum Gasteiger partial charge on any atom is -0.267 e. The van der Waals surface area contributed by atoms with Gasteiger partial charge in [0.1, 0.15) is 0 Å². The summed E-state index contributed by atoms with van der Waals surface area (Å²) in [4.78, 5) is 14.0. The number of carbonyl (C=O) groups is 1. The number of allylic oxidation sites excluding steroid dienone is 2. The summed E-state index contributed by atoms with van der Waals surface area (Å²) in [5.41, 5.74) is 7.50. The predicted molar refractivity (Wildman–Crippen MR) is 120 cm³/mol. The summed E-state index contributed by atoms with van der Waals surface area (Å²) in [5, 5.41) is 17.0. The van der Waals surface area contributed by atoms with Crippen LogP contribution in [0.3, 0.4) is 0 Å². The molecule has 1 heterocycles. The van der Waals surface area contributed by atoms with Gasteiger partial charge in [0.2, 0.25) is 5.82 Å². The molecule has 7 nitrogen and oxygen atoms in total. The van der Waals surface area contributed by atoms with Gasteiger partial charge in [0, 0.05) is 11.1 Å². The highest BCUT2D eigenvalue weighted by Crippen LogP contribution is 2.33. The quantitative estimate of drug-likeness (QED) is 0.633. The summed E-state index contributed by atoms with van der Waals surface area (Å²) in [6.07, 6.45) is 3.96. The summed E-state index contributed by atoms with van der Waals surface area (Å²) >= 11 is 0. The van der Waals surface area contributed by atoms with Gasteiger partial charge in [0.25, 0.3) is 5.91 Å². The van der Waals surface area contributed by atoms with E-state index >= 15 is 0 Å². The second-order valence-corrected chi connectivity index (χ2v) is 8.76. The summed E-state index contributed by atoms with van der Waals surface area (Å²) in [5.74, 6) is 0.365. The largest absolute Gasteiger partial charge is 0.271 e. The van der Waals surface area contributed by atoms with Crippen LogP contribution in [0.25, 0.3) is 11.4 Å². The third kappa shape index (κ3) is 5.31. The van der Waals surface area contributed by atoms with E-state index in [9.17, 15) is 4.79 Å². The summed E-state index contributed by atoms with van der Waals surface area (Å²) in [6, 6.07) is 17.1. The van der Waals surface area contributed by atoms with E-state index in [0.29, 0.717) is 17.9 Å². The first kappa shape index (κ1) is 20.7. The lowest BCUT2D eigenvalue weighted by Gasteiger charge is -2.29. The van der Waals surface area contributed by atoms with Gasteiger partial charge >= 0.3 is 0 Å². The summed E-state index contributed by atoms with van der Waals surface area (Å²) in [7, 11) is 0. The molecule has 1 aromatic heterocycles.